The van der Waals surface area contributed by atoms with Crippen LogP contribution >= 0.6 is 11.3 Å². The maximum atomic E-state index is 11.9. The third kappa shape index (κ3) is 6.86. The van der Waals surface area contributed by atoms with Crippen molar-refractivity contribution in [2.75, 3.05) is 11.9 Å². The van der Waals surface area contributed by atoms with Gasteiger partial charge in [-0.2, -0.15) is 0 Å². The number of nitrogens with zero attached hydrogens (tertiary/aromatic N) is 2. The lowest BCUT2D eigenvalue weighted by Crippen LogP contribution is -2.31. The summed E-state index contributed by atoms with van der Waals surface area (Å²) < 4.78 is 5.69. The van der Waals surface area contributed by atoms with Gasteiger partial charge < -0.3 is 15.4 Å². The molecule has 0 aliphatic rings. The molecule has 0 unspecified atom stereocenters. The van der Waals surface area contributed by atoms with Crippen molar-refractivity contribution in [2.45, 2.75) is 13.5 Å². The molecule has 3 aromatic rings. The van der Waals surface area contributed by atoms with Crippen molar-refractivity contribution in [3.8, 4) is 5.75 Å². The molecule has 2 heterocycles. The number of thiazole rings is 1. The zero-order valence-electron chi connectivity index (χ0n) is 15.8. The van der Waals surface area contributed by atoms with Gasteiger partial charge in [-0.3, -0.25) is 14.6 Å². The highest BCUT2D eigenvalue weighted by atomic mass is 32.1. The number of amides is 2. The van der Waals surface area contributed by atoms with E-state index in [2.05, 4.69) is 20.6 Å². The first-order chi connectivity index (χ1) is 14.1. The number of pyridine rings is 1. The Kier molecular flexibility index (Phi) is 7.07. The van der Waals surface area contributed by atoms with Crippen molar-refractivity contribution < 1.29 is 14.3 Å². The van der Waals surface area contributed by atoms with E-state index in [0.29, 0.717) is 12.3 Å². The maximum Gasteiger partial charge on any atom is 0.244 e. The molecule has 2 aromatic heterocycles. The molecule has 29 heavy (non-hydrogen) atoms. The van der Waals surface area contributed by atoms with Crippen LogP contribution < -0.4 is 15.4 Å². The summed E-state index contributed by atoms with van der Waals surface area (Å²) in [6.07, 6.45) is 6.20. The fourth-order valence-electron chi connectivity index (χ4n) is 2.35. The number of rotatable bonds is 8. The molecule has 0 fully saturated rings. The van der Waals surface area contributed by atoms with Gasteiger partial charge in [-0.15, -0.1) is 11.3 Å². The lowest BCUT2D eigenvalue weighted by molar-refractivity contribution is -0.121. The van der Waals surface area contributed by atoms with Crippen molar-refractivity contribution in [2.24, 2.45) is 0 Å². The number of benzene rings is 1. The standard InChI is InChI=1S/C21H20N4O3S/c1-15-24-18(14-29-15)13-28-19-7-4-16(5-8-19)6-9-20(26)23-12-21(27)25-17-3-2-10-22-11-17/h2-11,14H,12-13H2,1H3,(H,23,26)(H,25,27)/b9-6+. The zero-order chi connectivity index (χ0) is 20.5. The molecule has 0 bridgehead atoms. The normalized spacial score (nSPS) is 10.7. The van der Waals surface area contributed by atoms with E-state index in [0.717, 1.165) is 22.0 Å². The molecule has 0 aliphatic heterocycles. The van der Waals surface area contributed by atoms with Gasteiger partial charge in [0.2, 0.25) is 11.8 Å². The number of carbonyl (C=O) groups excluding carboxylic acids is 2. The van der Waals surface area contributed by atoms with Crippen molar-refractivity contribution >= 4 is 34.9 Å². The Morgan fingerprint density at radius 3 is 2.72 bits per heavy atom. The number of carbonyl (C=O) groups is 2. The first-order valence-electron chi connectivity index (χ1n) is 8.88. The molecule has 0 radical (unpaired) electrons. The third-order valence-corrected chi connectivity index (χ3v) is 4.55. The fourth-order valence-corrected chi connectivity index (χ4v) is 2.94. The number of anilines is 1. The molecule has 148 valence electrons. The highest BCUT2D eigenvalue weighted by Crippen LogP contribution is 2.16. The van der Waals surface area contributed by atoms with Crippen molar-refractivity contribution in [3.63, 3.8) is 0 Å². The third-order valence-electron chi connectivity index (χ3n) is 3.73. The van der Waals surface area contributed by atoms with E-state index in [-0.39, 0.29) is 18.4 Å². The van der Waals surface area contributed by atoms with E-state index in [4.69, 9.17) is 4.74 Å². The van der Waals surface area contributed by atoms with E-state index in [1.807, 2.05) is 36.6 Å². The quantitative estimate of drug-likeness (QED) is 0.559. The van der Waals surface area contributed by atoms with Gasteiger partial charge in [0.05, 0.1) is 29.1 Å². The molecular weight excluding hydrogens is 388 g/mol. The zero-order valence-corrected chi connectivity index (χ0v) is 16.6. The van der Waals surface area contributed by atoms with Crippen LogP contribution in [0.3, 0.4) is 0 Å². The number of hydrogen-bond acceptors (Lipinski definition) is 6. The Balaban J connectivity index is 1.41. The summed E-state index contributed by atoms with van der Waals surface area (Å²) in [5.41, 5.74) is 2.33. The molecule has 1 aromatic carbocycles. The van der Waals surface area contributed by atoms with Gasteiger partial charge in [-0.25, -0.2) is 4.98 Å². The largest absolute Gasteiger partial charge is 0.487 e. The van der Waals surface area contributed by atoms with Gasteiger partial charge in [0.1, 0.15) is 12.4 Å². The predicted molar refractivity (Wildman–Crippen MR) is 113 cm³/mol. The molecule has 0 spiro atoms. The smallest absolute Gasteiger partial charge is 0.244 e. The highest BCUT2D eigenvalue weighted by Gasteiger charge is 2.04. The van der Waals surface area contributed by atoms with Crippen LogP contribution in [0.1, 0.15) is 16.3 Å². The lowest BCUT2D eigenvalue weighted by atomic mass is 10.2. The molecule has 0 saturated heterocycles. The molecule has 0 aliphatic carbocycles. The molecule has 0 atom stereocenters. The van der Waals surface area contributed by atoms with Crippen molar-refractivity contribution in [1.29, 1.82) is 0 Å². The molecule has 8 heteroatoms. The summed E-state index contributed by atoms with van der Waals surface area (Å²) in [4.78, 5) is 31.9. The van der Waals surface area contributed by atoms with Crippen LogP contribution in [0.15, 0.2) is 60.2 Å². The number of hydrogen-bond donors (Lipinski definition) is 2. The Morgan fingerprint density at radius 1 is 1.21 bits per heavy atom. The molecule has 3 rings (SSSR count). The number of aryl methyl sites for hydroxylation is 1. The van der Waals surface area contributed by atoms with Crippen LogP contribution in [-0.4, -0.2) is 28.3 Å². The van der Waals surface area contributed by atoms with Gasteiger partial charge in [-0.1, -0.05) is 12.1 Å². The Hall–Kier alpha value is -3.52. The SMILES string of the molecule is Cc1nc(COc2ccc(/C=C/C(=O)NCC(=O)Nc3cccnc3)cc2)cs1. The monoisotopic (exact) mass is 408 g/mol. The average Bonchev–Trinajstić information content (AvgIpc) is 3.16. The minimum atomic E-state index is -0.356. The first-order valence-corrected chi connectivity index (χ1v) is 9.76. The van der Waals surface area contributed by atoms with Crippen LogP contribution in [0.5, 0.6) is 5.75 Å². The molecule has 2 N–H and O–H groups in total. The van der Waals surface area contributed by atoms with Gasteiger partial charge in [0.25, 0.3) is 0 Å². The van der Waals surface area contributed by atoms with E-state index >= 15 is 0 Å². The van der Waals surface area contributed by atoms with Gasteiger partial charge in [0.15, 0.2) is 0 Å². The average molecular weight is 408 g/mol. The summed E-state index contributed by atoms with van der Waals surface area (Å²) in [5.74, 6) is 0.0476. The Labute approximate surface area is 172 Å². The number of ether oxygens (including phenoxy) is 1. The lowest BCUT2D eigenvalue weighted by Gasteiger charge is -2.05. The van der Waals surface area contributed by atoms with Gasteiger partial charge in [0, 0.05) is 17.7 Å². The highest BCUT2D eigenvalue weighted by molar-refractivity contribution is 7.09. The summed E-state index contributed by atoms with van der Waals surface area (Å²) in [7, 11) is 0. The van der Waals surface area contributed by atoms with Crippen LogP contribution in [0.4, 0.5) is 5.69 Å². The van der Waals surface area contributed by atoms with E-state index in [1.54, 1.807) is 35.7 Å². The summed E-state index contributed by atoms with van der Waals surface area (Å²) >= 11 is 1.59. The van der Waals surface area contributed by atoms with Crippen molar-refractivity contribution in [3.05, 3.63) is 76.5 Å². The fraction of sp³-hybridized carbons (Fsp3) is 0.143. The molecule has 7 nitrogen and oxygen atoms in total. The van der Waals surface area contributed by atoms with E-state index < -0.39 is 0 Å². The summed E-state index contributed by atoms with van der Waals surface area (Å²) in [6.45, 7) is 2.25. The van der Waals surface area contributed by atoms with Crippen LogP contribution in [0, 0.1) is 6.92 Å². The van der Waals surface area contributed by atoms with Gasteiger partial charge >= 0.3 is 0 Å². The summed E-state index contributed by atoms with van der Waals surface area (Å²) in [5, 5.41) is 8.17. The predicted octanol–water partition coefficient (Wildman–Crippen LogP) is 3.19. The Bertz CT molecular complexity index is 985. The van der Waals surface area contributed by atoms with Gasteiger partial charge in [-0.05, 0) is 42.8 Å². The van der Waals surface area contributed by atoms with E-state index in [1.165, 1.54) is 12.3 Å². The Morgan fingerprint density at radius 2 is 2.03 bits per heavy atom. The van der Waals surface area contributed by atoms with Crippen LogP contribution in [0.2, 0.25) is 0 Å². The minimum Gasteiger partial charge on any atom is -0.487 e. The minimum absolute atomic E-state index is 0.124. The topological polar surface area (TPSA) is 93.2 Å². The van der Waals surface area contributed by atoms with Crippen LogP contribution in [0.25, 0.3) is 6.08 Å². The second-order valence-electron chi connectivity index (χ2n) is 6.06. The number of aromatic nitrogens is 2. The summed E-state index contributed by atoms with van der Waals surface area (Å²) in [6, 6.07) is 10.8. The van der Waals surface area contributed by atoms with E-state index in [9.17, 15) is 9.59 Å². The van der Waals surface area contributed by atoms with Crippen molar-refractivity contribution in [1.82, 2.24) is 15.3 Å². The number of nitrogens with one attached hydrogen (secondary N) is 2. The molecule has 2 amide bonds. The first kappa shape index (κ1) is 20.2. The maximum absolute atomic E-state index is 11.9. The van der Waals surface area contributed by atoms with Crippen LogP contribution in [-0.2, 0) is 16.2 Å². The molecule has 0 saturated carbocycles. The second-order valence-corrected chi connectivity index (χ2v) is 7.12. The molecular formula is C21H20N4O3S. The second kappa shape index (κ2) is 10.1.